The Bertz CT molecular complexity index is 1040. The molecule has 4 nitrogen and oxygen atoms in total. The molecule has 116 valence electrons. The Morgan fingerprint density at radius 2 is 1.58 bits per heavy atom. The van der Waals surface area contributed by atoms with Gasteiger partial charge in [-0.2, -0.15) is 0 Å². The van der Waals surface area contributed by atoms with Crippen molar-refractivity contribution in [2.75, 3.05) is 6.79 Å². The average Bonchev–Trinajstić information content (AvgIpc) is 3.26. The highest BCUT2D eigenvalue weighted by atomic mass is 16.7. The summed E-state index contributed by atoms with van der Waals surface area (Å²) >= 11 is 0. The third-order valence-corrected chi connectivity index (χ3v) is 4.21. The summed E-state index contributed by atoms with van der Waals surface area (Å²) in [7, 11) is 0. The van der Waals surface area contributed by atoms with Crippen LogP contribution in [0, 0.1) is 0 Å². The van der Waals surface area contributed by atoms with Gasteiger partial charge in [0.1, 0.15) is 5.82 Å². The van der Waals surface area contributed by atoms with Crippen LogP contribution >= 0.6 is 0 Å². The van der Waals surface area contributed by atoms with Crippen molar-refractivity contribution < 1.29 is 9.47 Å². The number of aromatic nitrogens is 2. The standard InChI is InChI=1S/C20H14N2O2/c1-2-6-15(7-3-1)22-17-9-5-4-8-16(17)21-20(22)14-10-11-18-19(12-14)24-13-23-18/h1-12H,13H2. The van der Waals surface area contributed by atoms with E-state index in [0.29, 0.717) is 0 Å². The molecule has 5 rings (SSSR count). The van der Waals surface area contributed by atoms with Crippen LogP contribution < -0.4 is 9.47 Å². The summed E-state index contributed by atoms with van der Waals surface area (Å²) in [6, 6.07) is 24.4. The van der Waals surface area contributed by atoms with Gasteiger partial charge in [0.2, 0.25) is 6.79 Å². The Kier molecular flexibility index (Phi) is 2.82. The van der Waals surface area contributed by atoms with E-state index in [1.54, 1.807) is 0 Å². The fraction of sp³-hybridized carbons (Fsp3) is 0.0500. The molecule has 0 atom stereocenters. The van der Waals surface area contributed by atoms with Crippen LogP contribution in [0.4, 0.5) is 0 Å². The van der Waals surface area contributed by atoms with Gasteiger partial charge < -0.3 is 9.47 Å². The quantitative estimate of drug-likeness (QED) is 0.549. The highest BCUT2D eigenvalue weighted by molar-refractivity contribution is 5.83. The molecular formula is C20H14N2O2. The summed E-state index contributed by atoms with van der Waals surface area (Å²) in [5, 5.41) is 0. The zero-order valence-corrected chi connectivity index (χ0v) is 12.8. The minimum atomic E-state index is 0.272. The van der Waals surface area contributed by atoms with Crippen molar-refractivity contribution >= 4 is 11.0 Å². The smallest absolute Gasteiger partial charge is 0.231 e. The minimum absolute atomic E-state index is 0.272. The van der Waals surface area contributed by atoms with Crippen molar-refractivity contribution in [2.24, 2.45) is 0 Å². The van der Waals surface area contributed by atoms with Crippen LogP contribution in [-0.2, 0) is 0 Å². The van der Waals surface area contributed by atoms with E-state index < -0.39 is 0 Å². The second-order valence-electron chi connectivity index (χ2n) is 5.66. The van der Waals surface area contributed by atoms with Crippen LogP contribution in [0.1, 0.15) is 0 Å². The highest BCUT2D eigenvalue weighted by Crippen LogP contribution is 2.37. The number of para-hydroxylation sites is 3. The zero-order chi connectivity index (χ0) is 15.9. The largest absolute Gasteiger partial charge is 0.454 e. The molecule has 0 spiro atoms. The van der Waals surface area contributed by atoms with Crippen LogP contribution in [0.25, 0.3) is 28.1 Å². The molecule has 0 aliphatic carbocycles. The number of hydrogen-bond acceptors (Lipinski definition) is 3. The normalized spacial score (nSPS) is 12.7. The maximum atomic E-state index is 5.52. The lowest BCUT2D eigenvalue weighted by atomic mass is 10.2. The minimum Gasteiger partial charge on any atom is -0.454 e. The number of ether oxygens (including phenoxy) is 2. The number of nitrogens with zero attached hydrogens (tertiary/aromatic N) is 2. The zero-order valence-electron chi connectivity index (χ0n) is 12.8. The molecule has 0 fully saturated rings. The molecule has 1 aromatic heterocycles. The lowest BCUT2D eigenvalue weighted by Gasteiger charge is -2.10. The van der Waals surface area contributed by atoms with Gasteiger partial charge in [0.25, 0.3) is 0 Å². The number of rotatable bonds is 2. The summed E-state index contributed by atoms with van der Waals surface area (Å²) in [4.78, 5) is 4.85. The second kappa shape index (κ2) is 5.13. The van der Waals surface area contributed by atoms with E-state index in [-0.39, 0.29) is 6.79 Å². The molecular weight excluding hydrogens is 300 g/mol. The summed E-state index contributed by atoms with van der Waals surface area (Å²) < 4.78 is 13.1. The van der Waals surface area contributed by atoms with E-state index in [1.807, 2.05) is 54.6 Å². The predicted octanol–water partition coefficient (Wildman–Crippen LogP) is 4.42. The van der Waals surface area contributed by atoms with Gasteiger partial charge in [0, 0.05) is 11.3 Å². The van der Waals surface area contributed by atoms with Crippen LogP contribution in [0.2, 0.25) is 0 Å². The van der Waals surface area contributed by atoms with Crippen molar-refractivity contribution in [1.82, 2.24) is 9.55 Å². The molecule has 0 radical (unpaired) electrons. The number of benzene rings is 3. The van der Waals surface area contributed by atoms with Crippen molar-refractivity contribution in [1.29, 1.82) is 0 Å². The summed E-state index contributed by atoms with van der Waals surface area (Å²) in [6.07, 6.45) is 0. The molecule has 3 aromatic carbocycles. The van der Waals surface area contributed by atoms with Crippen LogP contribution in [-0.4, -0.2) is 16.3 Å². The van der Waals surface area contributed by atoms with Crippen LogP contribution in [0.3, 0.4) is 0 Å². The van der Waals surface area contributed by atoms with E-state index in [0.717, 1.165) is 39.6 Å². The van der Waals surface area contributed by atoms with Gasteiger partial charge >= 0.3 is 0 Å². The maximum Gasteiger partial charge on any atom is 0.231 e. The molecule has 4 heteroatoms. The van der Waals surface area contributed by atoms with Gasteiger partial charge in [-0.05, 0) is 42.5 Å². The summed E-state index contributed by atoms with van der Waals surface area (Å²) in [5.74, 6) is 2.43. The van der Waals surface area contributed by atoms with E-state index in [9.17, 15) is 0 Å². The lowest BCUT2D eigenvalue weighted by molar-refractivity contribution is 0.174. The fourth-order valence-corrected chi connectivity index (χ4v) is 3.09. The molecule has 0 N–H and O–H groups in total. The van der Waals surface area contributed by atoms with Gasteiger partial charge in [-0.3, -0.25) is 4.57 Å². The highest BCUT2D eigenvalue weighted by Gasteiger charge is 2.18. The molecule has 1 aliphatic heterocycles. The lowest BCUT2D eigenvalue weighted by Crippen LogP contribution is -1.97. The Balaban J connectivity index is 1.79. The van der Waals surface area contributed by atoms with Crippen molar-refractivity contribution in [3.05, 3.63) is 72.8 Å². The Hall–Kier alpha value is -3.27. The Morgan fingerprint density at radius 3 is 2.50 bits per heavy atom. The number of imidazole rings is 1. The van der Waals surface area contributed by atoms with Crippen LogP contribution in [0.15, 0.2) is 72.8 Å². The first-order chi connectivity index (χ1) is 11.9. The molecule has 2 heterocycles. The number of hydrogen-bond donors (Lipinski definition) is 0. The van der Waals surface area contributed by atoms with E-state index >= 15 is 0 Å². The molecule has 24 heavy (non-hydrogen) atoms. The molecule has 0 amide bonds. The van der Waals surface area contributed by atoms with E-state index in [4.69, 9.17) is 14.5 Å². The molecule has 0 saturated carbocycles. The average molecular weight is 314 g/mol. The third-order valence-electron chi connectivity index (χ3n) is 4.21. The monoisotopic (exact) mass is 314 g/mol. The SMILES string of the molecule is c1ccc(-n2c(-c3ccc4c(c3)OCO4)nc3ccccc32)cc1. The van der Waals surface area contributed by atoms with Gasteiger partial charge in [0.15, 0.2) is 11.5 Å². The number of fused-ring (bicyclic) bond motifs is 2. The first-order valence-corrected chi connectivity index (χ1v) is 7.83. The topological polar surface area (TPSA) is 36.3 Å². The predicted molar refractivity (Wildman–Crippen MR) is 92.6 cm³/mol. The van der Waals surface area contributed by atoms with Gasteiger partial charge in [-0.15, -0.1) is 0 Å². The van der Waals surface area contributed by atoms with Crippen molar-refractivity contribution in [3.8, 4) is 28.6 Å². The van der Waals surface area contributed by atoms with Crippen molar-refractivity contribution in [3.63, 3.8) is 0 Å². The molecule has 1 aliphatic rings. The maximum absolute atomic E-state index is 5.52. The van der Waals surface area contributed by atoms with Crippen LogP contribution in [0.5, 0.6) is 11.5 Å². The summed E-state index contributed by atoms with van der Waals surface area (Å²) in [5.41, 5.74) is 4.13. The fourth-order valence-electron chi connectivity index (χ4n) is 3.09. The Labute approximate surface area is 138 Å². The first-order valence-electron chi connectivity index (χ1n) is 7.83. The van der Waals surface area contributed by atoms with Crippen molar-refractivity contribution in [2.45, 2.75) is 0 Å². The Morgan fingerprint density at radius 1 is 0.792 bits per heavy atom. The molecule has 0 unspecified atom stereocenters. The molecule has 0 bridgehead atoms. The van der Waals surface area contributed by atoms with Gasteiger partial charge in [-0.1, -0.05) is 30.3 Å². The van der Waals surface area contributed by atoms with E-state index in [2.05, 4.69) is 22.8 Å². The van der Waals surface area contributed by atoms with Gasteiger partial charge in [0.05, 0.1) is 11.0 Å². The second-order valence-corrected chi connectivity index (χ2v) is 5.66. The summed E-state index contributed by atoms with van der Waals surface area (Å²) in [6.45, 7) is 0.272. The van der Waals surface area contributed by atoms with Gasteiger partial charge in [-0.25, -0.2) is 4.98 Å². The molecule has 4 aromatic rings. The molecule has 0 saturated heterocycles. The first kappa shape index (κ1) is 13.2. The van der Waals surface area contributed by atoms with E-state index in [1.165, 1.54) is 0 Å². The third kappa shape index (κ3) is 1.97.